The molecular formula is C28H31ClN6OS. The zero-order valence-electron chi connectivity index (χ0n) is 21.1. The van der Waals surface area contributed by atoms with Gasteiger partial charge >= 0.3 is 0 Å². The molecule has 1 saturated heterocycles. The SMILES string of the molecule is C/C=C\C(COc1ccc(Nc2ncnc3sc4cc(CCN5CCNCC5)ccc4c23)cc1Cl)=NC. The zero-order chi connectivity index (χ0) is 25.6. The molecule has 5 rings (SSSR count). The molecule has 1 fully saturated rings. The minimum Gasteiger partial charge on any atom is -0.486 e. The number of piperazine rings is 1. The van der Waals surface area contributed by atoms with Crippen molar-refractivity contribution in [2.24, 2.45) is 4.99 Å². The summed E-state index contributed by atoms with van der Waals surface area (Å²) in [5.41, 5.74) is 3.04. The highest BCUT2D eigenvalue weighted by Crippen LogP contribution is 2.38. The van der Waals surface area contributed by atoms with Crippen LogP contribution in [0.1, 0.15) is 12.5 Å². The van der Waals surface area contributed by atoms with Crippen molar-refractivity contribution >= 4 is 60.5 Å². The number of nitrogens with one attached hydrogen (secondary N) is 2. The number of rotatable bonds is 9. The van der Waals surface area contributed by atoms with Crippen LogP contribution in [-0.2, 0) is 6.42 Å². The Morgan fingerprint density at radius 3 is 2.86 bits per heavy atom. The number of aromatic nitrogens is 2. The molecule has 1 aliphatic rings. The number of benzene rings is 2. The van der Waals surface area contributed by atoms with Crippen molar-refractivity contribution in [1.29, 1.82) is 0 Å². The number of thiophene rings is 1. The molecule has 7 nitrogen and oxygen atoms in total. The lowest BCUT2D eigenvalue weighted by Gasteiger charge is -2.27. The second-order valence-corrected chi connectivity index (χ2v) is 10.4. The number of halogens is 1. The van der Waals surface area contributed by atoms with E-state index in [-0.39, 0.29) is 0 Å². The maximum absolute atomic E-state index is 6.53. The Labute approximate surface area is 226 Å². The van der Waals surface area contributed by atoms with Crippen molar-refractivity contribution in [1.82, 2.24) is 20.2 Å². The van der Waals surface area contributed by atoms with E-state index in [0.29, 0.717) is 17.4 Å². The summed E-state index contributed by atoms with van der Waals surface area (Å²) in [7, 11) is 1.75. The molecule has 0 unspecified atom stereocenters. The molecule has 2 N–H and O–H groups in total. The largest absolute Gasteiger partial charge is 0.486 e. The minimum atomic E-state index is 0.359. The van der Waals surface area contributed by atoms with Crippen LogP contribution in [0.5, 0.6) is 5.75 Å². The molecule has 0 saturated carbocycles. The van der Waals surface area contributed by atoms with E-state index in [4.69, 9.17) is 16.3 Å². The van der Waals surface area contributed by atoms with Crippen LogP contribution < -0.4 is 15.4 Å². The predicted octanol–water partition coefficient (Wildman–Crippen LogP) is 5.71. The molecule has 0 bridgehead atoms. The number of nitrogens with zero attached hydrogens (tertiary/aromatic N) is 4. The van der Waals surface area contributed by atoms with E-state index in [1.807, 2.05) is 37.3 Å². The fourth-order valence-electron chi connectivity index (χ4n) is 4.49. The Morgan fingerprint density at radius 2 is 2.08 bits per heavy atom. The van der Waals surface area contributed by atoms with E-state index < -0.39 is 0 Å². The standard InChI is InChI=1S/C28H31ClN6OS/c1-3-4-21(30-2)17-36-24-8-6-20(16-23(24)29)34-27-26-22-7-5-19(9-12-35-13-10-31-11-14-35)15-25(22)37-28(26)33-18-32-27/h3-8,15-16,18,31H,9-14,17H2,1-2H3,(H,32,33,34)/b4-3-,30-21?. The molecule has 0 spiro atoms. The number of aliphatic imine (C=N–C) groups is 1. The molecule has 3 heterocycles. The Morgan fingerprint density at radius 1 is 1.22 bits per heavy atom. The summed E-state index contributed by atoms with van der Waals surface area (Å²) in [6, 6.07) is 12.4. The molecular weight excluding hydrogens is 504 g/mol. The molecule has 4 aromatic rings. The van der Waals surface area contributed by atoms with Gasteiger partial charge in [-0.3, -0.25) is 4.99 Å². The van der Waals surface area contributed by atoms with Crippen LogP contribution in [0.25, 0.3) is 20.3 Å². The molecule has 2 aromatic carbocycles. The Bertz CT molecular complexity index is 1440. The van der Waals surface area contributed by atoms with Crippen molar-refractivity contribution in [2.45, 2.75) is 13.3 Å². The van der Waals surface area contributed by atoms with Gasteiger partial charge in [0.05, 0.1) is 16.1 Å². The molecule has 0 radical (unpaired) electrons. The van der Waals surface area contributed by atoms with Gasteiger partial charge in [-0.2, -0.15) is 0 Å². The third kappa shape index (κ3) is 6.10. The fourth-order valence-corrected chi connectivity index (χ4v) is 5.83. The van der Waals surface area contributed by atoms with Gasteiger partial charge in [-0.15, -0.1) is 11.3 Å². The van der Waals surface area contributed by atoms with Gasteiger partial charge in [0.1, 0.15) is 29.3 Å². The first-order chi connectivity index (χ1) is 18.1. The van der Waals surface area contributed by atoms with Gasteiger partial charge in [-0.25, -0.2) is 9.97 Å². The van der Waals surface area contributed by atoms with Crippen LogP contribution in [-0.4, -0.2) is 67.0 Å². The summed E-state index contributed by atoms with van der Waals surface area (Å²) in [6.45, 7) is 7.80. The third-order valence-electron chi connectivity index (χ3n) is 6.48. The second-order valence-electron chi connectivity index (χ2n) is 8.95. The van der Waals surface area contributed by atoms with Gasteiger partial charge in [0.15, 0.2) is 0 Å². The van der Waals surface area contributed by atoms with E-state index in [9.17, 15) is 0 Å². The van der Waals surface area contributed by atoms with Gasteiger partial charge in [0, 0.05) is 55.5 Å². The van der Waals surface area contributed by atoms with Gasteiger partial charge in [-0.1, -0.05) is 29.8 Å². The van der Waals surface area contributed by atoms with Gasteiger partial charge in [0.2, 0.25) is 0 Å². The number of hydrogen-bond acceptors (Lipinski definition) is 8. The molecule has 192 valence electrons. The van der Waals surface area contributed by atoms with Crippen LogP contribution in [0.3, 0.4) is 0 Å². The first-order valence-corrected chi connectivity index (χ1v) is 13.7. The summed E-state index contributed by atoms with van der Waals surface area (Å²) >= 11 is 8.24. The average molecular weight is 535 g/mol. The quantitative estimate of drug-likeness (QED) is 0.268. The number of anilines is 2. The predicted molar refractivity (Wildman–Crippen MR) is 156 cm³/mol. The molecule has 0 atom stereocenters. The summed E-state index contributed by atoms with van der Waals surface area (Å²) in [6.07, 6.45) is 6.52. The van der Waals surface area contributed by atoms with Crippen LogP contribution in [0.2, 0.25) is 5.02 Å². The number of allylic oxidation sites excluding steroid dienone is 1. The lowest BCUT2D eigenvalue weighted by atomic mass is 10.1. The number of ether oxygens (including phenoxy) is 1. The van der Waals surface area contributed by atoms with Crippen molar-refractivity contribution in [3.63, 3.8) is 0 Å². The normalized spacial score (nSPS) is 15.2. The van der Waals surface area contributed by atoms with E-state index in [1.54, 1.807) is 24.7 Å². The highest BCUT2D eigenvalue weighted by molar-refractivity contribution is 7.25. The Balaban J connectivity index is 1.33. The van der Waals surface area contributed by atoms with Crippen LogP contribution >= 0.6 is 22.9 Å². The van der Waals surface area contributed by atoms with Gasteiger partial charge in [0.25, 0.3) is 0 Å². The number of fused-ring (bicyclic) bond motifs is 3. The Hall–Kier alpha value is -3.04. The second kappa shape index (κ2) is 12.0. The van der Waals surface area contributed by atoms with Crippen LogP contribution in [0.4, 0.5) is 11.5 Å². The van der Waals surface area contributed by atoms with Crippen LogP contribution in [0, 0.1) is 0 Å². The molecule has 9 heteroatoms. The average Bonchev–Trinajstić information content (AvgIpc) is 3.30. The van der Waals surface area contributed by atoms with E-state index in [2.05, 4.69) is 48.7 Å². The summed E-state index contributed by atoms with van der Waals surface area (Å²) in [4.78, 5) is 16.8. The van der Waals surface area contributed by atoms with E-state index in [1.165, 1.54) is 10.3 Å². The van der Waals surface area contributed by atoms with E-state index in [0.717, 1.165) is 72.0 Å². The Kier molecular flexibility index (Phi) is 8.31. The van der Waals surface area contributed by atoms with E-state index >= 15 is 0 Å². The smallest absolute Gasteiger partial charge is 0.143 e. The fraction of sp³-hybridized carbons (Fsp3) is 0.321. The van der Waals surface area contributed by atoms with Crippen LogP contribution in [0.15, 0.2) is 59.9 Å². The maximum Gasteiger partial charge on any atom is 0.143 e. The number of hydrogen-bond donors (Lipinski definition) is 2. The lowest BCUT2D eigenvalue weighted by molar-refractivity contribution is 0.244. The minimum absolute atomic E-state index is 0.359. The molecule has 37 heavy (non-hydrogen) atoms. The molecule has 0 amide bonds. The third-order valence-corrected chi connectivity index (χ3v) is 7.83. The van der Waals surface area contributed by atoms with Gasteiger partial charge in [-0.05, 0) is 49.2 Å². The molecule has 1 aliphatic heterocycles. The highest BCUT2D eigenvalue weighted by Gasteiger charge is 2.14. The summed E-state index contributed by atoms with van der Waals surface area (Å²) < 4.78 is 7.09. The lowest BCUT2D eigenvalue weighted by Crippen LogP contribution is -2.44. The summed E-state index contributed by atoms with van der Waals surface area (Å²) in [5.74, 6) is 1.38. The van der Waals surface area contributed by atoms with Crippen molar-refractivity contribution in [3.8, 4) is 5.75 Å². The first-order valence-electron chi connectivity index (χ1n) is 12.5. The van der Waals surface area contributed by atoms with Crippen molar-refractivity contribution in [3.05, 3.63) is 65.5 Å². The first kappa shape index (κ1) is 25.6. The van der Waals surface area contributed by atoms with Gasteiger partial charge < -0.3 is 20.3 Å². The van der Waals surface area contributed by atoms with Crippen molar-refractivity contribution in [2.75, 3.05) is 51.7 Å². The maximum atomic E-state index is 6.53. The molecule has 2 aromatic heterocycles. The molecule has 0 aliphatic carbocycles. The topological polar surface area (TPSA) is 74.7 Å². The monoisotopic (exact) mass is 534 g/mol. The highest BCUT2D eigenvalue weighted by atomic mass is 35.5. The van der Waals surface area contributed by atoms with Crippen molar-refractivity contribution < 1.29 is 4.74 Å². The zero-order valence-corrected chi connectivity index (χ0v) is 22.7. The summed E-state index contributed by atoms with van der Waals surface area (Å²) in [5, 5.41) is 9.57.